The lowest BCUT2D eigenvalue weighted by Crippen LogP contribution is -2.22. The molecule has 7 heteroatoms. The third kappa shape index (κ3) is 3.75. The van der Waals surface area contributed by atoms with Gasteiger partial charge in [-0.1, -0.05) is 12.1 Å². The molecule has 130 valence electrons. The maximum Gasteiger partial charge on any atom is 0.258 e. The Hall–Kier alpha value is -3.53. The number of aromatic nitrogens is 1. The maximum absolute atomic E-state index is 13.0. The van der Waals surface area contributed by atoms with Gasteiger partial charge in [-0.3, -0.25) is 4.79 Å². The van der Waals surface area contributed by atoms with Crippen molar-refractivity contribution < 1.29 is 9.18 Å². The topological polar surface area (TPSA) is 104 Å². The summed E-state index contributed by atoms with van der Waals surface area (Å²) in [6, 6.07) is 11.9. The normalized spacial score (nSPS) is 15.5. The van der Waals surface area contributed by atoms with E-state index < -0.39 is 11.4 Å². The molecule has 0 unspecified atom stereocenters. The van der Waals surface area contributed by atoms with Crippen LogP contribution in [0.2, 0.25) is 0 Å². The van der Waals surface area contributed by atoms with Crippen LogP contribution in [0.25, 0.3) is 0 Å². The van der Waals surface area contributed by atoms with Crippen LogP contribution in [0.3, 0.4) is 0 Å². The van der Waals surface area contributed by atoms with Crippen molar-refractivity contribution in [2.45, 2.75) is 18.3 Å². The van der Waals surface area contributed by atoms with Gasteiger partial charge in [0.25, 0.3) is 5.91 Å². The van der Waals surface area contributed by atoms with E-state index in [1.165, 1.54) is 24.5 Å². The third-order valence-corrected chi connectivity index (χ3v) is 4.16. The molecule has 1 aliphatic rings. The predicted molar refractivity (Wildman–Crippen MR) is 95.7 cm³/mol. The Labute approximate surface area is 149 Å². The summed E-state index contributed by atoms with van der Waals surface area (Å²) in [5, 5.41) is 11.8. The van der Waals surface area contributed by atoms with Crippen molar-refractivity contribution in [3.63, 3.8) is 0 Å². The fourth-order valence-electron chi connectivity index (χ4n) is 2.61. The monoisotopic (exact) mass is 349 g/mol. The number of halogens is 1. The number of nitriles is 1. The molecule has 1 saturated carbocycles. The minimum atomic E-state index is -0.688. The number of anilines is 1. The number of carbonyl (C=O) groups excluding carboxylic acids is 1. The molecular formula is C19H16FN5O. The van der Waals surface area contributed by atoms with Gasteiger partial charge in [-0.2, -0.15) is 14.6 Å². The Bertz CT molecular complexity index is 941. The second kappa shape index (κ2) is 7.15. The highest BCUT2D eigenvalue weighted by Crippen LogP contribution is 2.49. The minimum Gasteiger partial charge on any atom is -0.384 e. The number of pyridine rings is 1. The van der Waals surface area contributed by atoms with E-state index in [9.17, 15) is 9.18 Å². The number of amides is 1. The van der Waals surface area contributed by atoms with Gasteiger partial charge in [0.1, 0.15) is 5.84 Å². The molecule has 3 N–H and O–H groups in total. The summed E-state index contributed by atoms with van der Waals surface area (Å²) in [5.41, 5.74) is 6.89. The number of carbonyl (C=O) groups is 1. The molecule has 1 heterocycles. The second-order valence-electron chi connectivity index (χ2n) is 5.96. The lowest BCUT2D eigenvalue weighted by atomic mass is 9.94. The summed E-state index contributed by atoms with van der Waals surface area (Å²) in [7, 11) is 0. The smallest absolute Gasteiger partial charge is 0.258 e. The number of nitrogens with two attached hydrogens (primary N) is 1. The van der Waals surface area contributed by atoms with E-state index in [2.05, 4.69) is 21.4 Å². The first kappa shape index (κ1) is 17.3. The molecule has 0 atom stereocenters. The van der Waals surface area contributed by atoms with Crippen LogP contribution in [0, 0.1) is 17.3 Å². The second-order valence-corrected chi connectivity index (χ2v) is 5.96. The van der Waals surface area contributed by atoms with Crippen LogP contribution in [0.1, 0.15) is 24.0 Å². The van der Waals surface area contributed by atoms with Gasteiger partial charge in [0.05, 0.1) is 17.0 Å². The Morgan fingerprint density at radius 2 is 2.19 bits per heavy atom. The molecule has 0 spiro atoms. The van der Waals surface area contributed by atoms with Gasteiger partial charge < -0.3 is 11.1 Å². The summed E-state index contributed by atoms with van der Waals surface area (Å²) >= 11 is 0. The predicted octanol–water partition coefficient (Wildman–Crippen LogP) is 2.63. The van der Waals surface area contributed by atoms with Gasteiger partial charge in [-0.05, 0) is 42.7 Å². The van der Waals surface area contributed by atoms with Crippen molar-refractivity contribution in [3.05, 3.63) is 71.9 Å². The first-order valence-corrected chi connectivity index (χ1v) is 7.97. The third-order valence-electron chi connectivity index (χ3n) is 4.16. The fraction of sp³-hybridized carbons (Fsp3) is 0.158. The van der Waals surface area contributed by atoms with Crippen LogP contribution in [-0.4, -0.2) is 16.7 Å². The van der Waals surface area contributed by atoms with E-state index in [0.717, 1.165) is 5.56 Å². The zero-order valence-corrected chi connectivity index (χ0v) is 13.8. The van der Waals surface area contributed by atoms with E-state index >= 15 is 0 Å². The maximum atomic E-state index is 13.0. The molecule has 0 saturated heterocycles. The summed E-state index contributed by atoms with van der Waals surface area (Å²) in [5.74, 6) is -0.889. The van der Waals surface area contributed by atoms with Crippen molar-refractivity contribution in [1.82, 2.24) is 4.98 Å². The van der Waals surface area contributed by atoms with Gasteiger partial charge in [-0.15, -0.1) is 0 Å². The largest absolute Gasteiger partial charge is 0.384 e. The Kier molecular flexibility index (Phi) is 4.76. The summed E-state index contributed by atoms with van der Waals surface area (Å²) in [6.07, 6.45) is 5.58. The number of nitrogens with zero attached hydrogens (tertiary/aromatic N) is 3. The van der Waals surface area contributed by atoms with E-state index in [1.54, 1.807) is 24.3 Å². The molecule has 1 aliphatic carbocycles. The Balaban J connectivity index is 1.69. The number of nitrogens with one attached hydrogen (secondary N) is 1. The van der Waals surface area contributed by atoms with Crippen molar-refractivity contribution in [3.8, 4) is 6.07 Å². The zero-order chi connectivity index (χ0) is 18.6. The van der Waals surface area contributed by atoms with Crippen LogP contribution < -0.4 is 11.1 Å². The molecular weight excluding hydrogens is 333 g/mol. The average molecular weight is 349 g/mol. The first-order chi connectivity index (χ1) is 12.5. The first-order valence-electron chi connectivity index (χ1n) is 7.97. The van der Waals surface area contributed by atoms with Crippen molar-refractivity contribution >= 4 is 17.4 Å². The van der Waals surface area contributed by atoms with Crippen molar-refractivity contribution in [2.75, 3.05) is 5.32 Å². The molecule has 0 bridgehead atoms. The Morgan fingerprint density at radius 1 is 1.38 bits per heavy atom. The molecule has 6 nitrogen and oxygen atoms in total. The van der Waals surface area contributed by atoms with Gasteiger partial charge in [-0.25, -0.2) is 4.98 Å². The van der Waals surface area contributed by atoms with Crippen LogP contribution in [0.4, 0.5) is 10.1 Å². The Morgan fingerprint density at radius 3 is 2.88 bits per heavy atom. The van der Waals surface area contributed by atoms with E-state index in [1.807, 2.05) is 6.07 Å². The quantitative estimate of drug-likeness (QED) is 0.490. The molecule has 1 aromatic carbocycles. The van der Waals surface area contributed by atoms with Crippen molar-refractivity contribution in [1.29, 1.82) is 5.26 Å². The highest BCUT2D eigenvalue weighted by molar-refractivity contribution is 6.04. The van der Waals surface area contributed by atoms with Gasteiger partial charge in [0.2, 0.25) is 5.95 Å². The number of rotatable bonds is 5. The SMILES string of the molecule is N#Cc1cccc(C2(C(=O)N=C(N)/C=C\Nc3ccnc(F)c3)CC2)c1. The highest BCUT2D eigenvalue weighted by Gasteiger charge is 2.51. The van der Waals surface area contributed by atoms with E-state index in [0.29, 0.717) is 24.1 Å². The molecule has 3 rings (SSSR count). The van der Waals surface area contributed by atoms with Crippen LogP contribution in [0.15, 0.2) is 59.9 Å². The van der Waals surface area contributed by atoms with Gasteiger partial charge in [0, 0.05) is 24.2 Å². The number of amidine groups is 1. The van der Waals surface area contributed by atoms with Crippen LogP contribution in [-0.2, 0) is 10.2 Å². The molecule has 0 aliphatic heterocycles. The molecule has 1 fully saturated rings. The summed E-state index contributed by atoms with van der Waals surface area (Å²) < 4.78 is 13.0. The summed E-state index contributed by atoms with van der Waals surface area (Å²) in [6.45, 7) is 0. The highest BCUT2D eigenvalue weighted by atomic mass is 19.1. The molecule has 1 amide bonds. The number of hydrogen-bond donors (Lipinski definition) is 2. The standard InChI is InChI=1S/C19H16FN5O/c20-16-11-15(4-8-24-16)23-9-5-17(22)25-18(26)19(6-7-19)14-3-1-2-13(10-14)12-21/h1-5,8-11H,6-7H2,(H,23,24)(H2,22,25,26)/b9-5-. The van der Waals surface area contributed by atoms with Gasteiger partial charge in [0.15, 0.2) is 0 Å². The zero-order valence-electron chi connectivity index (χ0n) is 13.8. The number of aliphatic imine (C=N–C) groups is 1. The lowest BCUT2D eigenvalue weighted by molar-refractivity contribution is -0.120. The van der Waals surface area contributed by atoms with Gasteiger partial charge >= 0.3 is 0 Å². The lowest BCUT2D eigenvalue weighted by Gasteiger charge is -2.11. The average Bonchev–Trinajstić information content (AvgIpc) is 3.44. The molecule has 0 radical (unpaired) electrons. The van der Waals surface area contributed by atoms with Crippen LogP contribution in [0.5, 0.6) is 0 Å². The minimum absolute atomic E-state index is 0.0414. The van der Waals surface area contributed by atoms with Crippen LogP contribution >= 0.6 is 0 Å². The van der Waals surface area contributed by atoms with E-state index in [-0.39, 0.29) is 11.7 Å². The summed E-state index contributed by atoms with van der Waals surface area (Å²) in [4.78, 5) is 20.0. The fourth-order valence-corrected chi connectivity index (χ4v) is 2.61. The molecule has 26 heavy (non-hydrogen) atoms. The van der Waals surface area contributed by atoms with Crippen molar-refractivity contribution in [2.24, 2.45) is 10.7 Å². The molecule has 1 aromatic heterocycles. The van der Waals surface area contributed by atoms with E-state index in [4.69, 9.17) is 11.0 Å². The number of hydrogen-bond acceptors (Lipinski definition) is 4. The molecule has 2 aromatic rings. The number of benzene rings is 1.